The van der Waals surface area contributed by atoms with Gasteiger partial charge in [0.25, 0.3) is 0 Å². The van der Waals surface area contributed by atoms with E-state index in [-0.39, 0.29) is 5.69 Å². The van der Waals surface area contributed by atoms with Gasteiger partial charge in [0.2, 0.25) is 0 Å². The number of H-pyrrole nitrogens is 2. The van der Waals surface area contributed by atoms with Gasteiger partial charge in [0.15, 0.2) is 0 Å². The van der Waals surface area contributed by atoms with E-state index < -0.39 is 0 Å². The van der Waals surface area contributed by atoms with Crippen molar-refractivity contribution in [2.45, 2.75) is 18.8 Å². The Labute approximate surface area is 93.1 Å². The zero-order valence-electron chi connectivity index (χ0n) is 9.05. The van der Waals surface area contributed by atoms with Crippen molar-refractivity contribution in [1.29, 1.82) is 0 Å². The van der Waals surface area contributed by atoms with Crippen LogP contribution in [0.2, 0.25) is 0 Å². The van der Waals surface area contributed by atoms with Crippen molar-refractivity contribution in [2.24, 2.45) is 0 Å². The van der Waals surface area contributed by atoms with Crippen LogP contribution in [0, 0.1) is 0 Å². The summed E-state index contributed by atoms with van der Waals surface area (Å²) in [4.78, 5) is 16.7. The van der Waals surface area contributed by atoms with Crippen LogP contribution in [-0.2, 0) is 0 Å². The number of aromatic amines is 2. The highest BCUT2D eigenvalue weighted by Gasteiger charge is 2.15. The number of hydrogen-bond acceptors (Lipinski definition) is 2. The van der Waals surface area contributed by atoms with E-state index in [1.54, 1.807) is 0 Å². The lowest BCUT2D eigenvalue weighted by Gasteiger charge is -2.22. The molecule has 1 fully saturated rings. The molecule has 3 rings (SSSR count). The fourth-order valence-corrected chi connectivity index (χ4v) is 2.46. The Morgan fingerprint density at radius 2 is 1.81 bits per heavy atom. The summed E-state index contributed by atoms with van der Waals surface area (Å²) in [7, 11) is 0. The number of hydrogen-bond donors (Lipinski definition) is 3. The Morgan fingerprint density at radius 3 is 2.62 bits per heavy atom. The molecule has 3 N–H and O–H groups in total. The van der Waals surface area contributed by atoms with Crippen LogP contribution in [0.5, 0.6) is 0 Å². The van der Waals surface area contributed by atoms with E-state index >= 15 is 0 Å². The summed E-state index contributed by atoms with van der Waals surface area (Å²) in [5.74, 6) is 0.629. The molecule has 0 bridgehead atoms. The first-order chi connectivity index (χ1) is 7.83. The van der Waals surface area contributed by atoms with Gasteiger partial charge in [-0.1, -0.05) is 6.07 Å². The van der Waals surface area contributed by atoms with E-state index in [9.17, 15) is 4.79 Å². The molecule has 0 spiro atoms. The van der Waals surface area contributed by atoms with Crippen molar-refractivity contribution in [1.82, 2.24) is 15.3 Å². The topological polar surface area (TPSA) is 60.7 Å². The summed E-state index contributed by atoms with van der Waals surface area (Å²) >= 11 is 0. The molecule has 0 atom stereocenters. The molecule has 0 unspecified atom stereocenters. The molecule has 1 saturated heterocycles. The van der Waals surface area contributed by atoms with Crippen molar-refractivity contribution in [3.8, 4) is 0 Å². The van der Waals surface area contributed by atoms with Crippen molar-refractivity contribution in [2.75, 3.05) is 13.1 Å². The van der Waals surface area contributed by atoms with Crippen LogP contribution in [0.25, 0.3) is 11.0 Å². The van der Waals surface area contributed by atoms with Gasteiger partial charge in [0.1, 0.15) is 0 Å². The number of nitrogens with one attached hydrogen (secondary N) is 3. The highest BCUT2D eigenvalue weighted by atomic mass is 16.1. The van der Waals surface area contributed by atoms with Crippen LogP contribution in [-0.4, -0.2) is 23.1 Å². The quantitative estimate of drug-likeness (QED) is 0.674. The largest absolute Gasteiger partial charge is 0.323 e. The second kappa shape index (κ2) is 3.79. The van der Waals surface area contributed by atoms with E-state index in [0.717, 1.165) is 24.1 Å². The van der Waals surface area contributed by atoms with Gasteiger partial charge in [-0.2, -0.15) is 0 Å². The molecule has 16 heavy (non-hydrogen) atoms. The first-order valence-corrected chi connectivity index (χ1v) is 5.75. The summed E-state index contributed by atoms with van der Waals surface area (Å²) in [6.45, 7) is 2.18. The number of piperidine rings is 1. The van der Waals surface area contributed by atoms with Gasteiger partial charge in [-0.3, -0.25) is 0 Å². The molecule has 2 aromatic rings. The number of aromatic nitrogens is 2. The lowest BCUT2D eigenvalue weighted by molar-refractivity contribution is 0.460. The minimum atomic E-state index is -0.127. The van der Waals surface area contributed by atoms with Crippen LogP contribution in [0.3, 0.4) is 0 Å². The highest BCUT2D eigenvalue weighted by Crippen LogP contribution is 2.26. The predicted octanol–water partition coefficient (Wildman–Crippen LogP) is 1.32. The molecule has 0 amide bonds. The summed E-state index contributed by atoms with van der Waals surface area (Å²) < 4.78 is 0. The van der Waals surface area contributed by atoms with Gasteiger partial charge >= 0.3 is 5.69 Å². The molecular weight excluding hydrogens is 202 g/mol. The molecule has 1 aliphatic heterocycles. The van der Waals surface area contributed by atoms with Gasteiger partial charge in [-0.05, 0) is 49.5 Å². The fourth-order valence-electron chi connectivity index (χ4n) is 2.46. The van der Waals surface area contributed by atoms with Crippen molar-refractivity contribution >= 4 is 11.0 Å². The molecule has 2 heterocycles. The standard InChI is InChI=1S/C12H15N3O/c16-12-14-10-2-1-9(7-11(10)15-12)8-3-5-13-6-4-8/h1-2,7-8,13H,3-6H2,(H2,14,15,16). The average molecular weight is 217 g/mol. The number of rotatable bonds is 1. The van der Waals surface area contributed by atoms with E-state index in [2.05, 4.69) is 27.4 Å². The molecule has 1 aromatic heterocycles. The summed E-state index contributed by atoms with van der Waals surface area (Å²) in [6, 6.07) is 6.22. The van der Waals surface area contributed by atoms with Crippen LogP contribution < -0.4 is 11.0 Å². The minimum Gasteiger partial charge on any atom is -0.317 e. The second-order valence-corrected chi connectivity index (χ2v) is 4.41. The van der Waals surface area contributed by atoms with Gasteiger partial charge < -0.3 is 15.3 Å². The molecule has 4 heteroatoms. The SMILES string of the molecule is O=c1[nH]c2ccc(C3CCNCC3)cc2[nH]1. The fraction of sp³-hybridized carbons (Fsp3) is 0.417. The van der Waals surface area contributed by atoms with Crippen LogP contribution >= 0.6 is 0 Å². The van der Waals surface area contributed by atoms with Crippen LogP contribution in [0.1, 0.15) is 24.3 Å². The summed E-state index contributed by atoms with van der Waals surface area (Å²) in [5, 5.41) is 3.36. The third-order valence-electron chi connectivity index (χ3n) is 3.35. The summed E-state index contributed by atoms with van der Waals surface area (Å²) in [6.07, 6.45) is 2.36. The third-order valence-corrected chi connectivity index (χ3v) is 3.35. The maximum atomic E-state index is 11.2. The van der Waals surface area contributed by atoms with Crippen molar-refractivity contribution in [3.63, 3.8) is 0 Å². The Balaban J connectivity index is 2.00. The minimum absolute atomic E-state index is 0.127. The van der Waals surface area contributed by atoms with Gasteiger partial charge in [-0.15, -0.1) is 0 Å². The number of benzene rings is 1. The molecule has 1 aliphatic rings. The average Bonchev–Trinajstić information content (AvgIpc) is 2.69. The van der Waals surface area contributed by atoms with E-state index in [0.29, 0.717) is 5.92 Å². The maximum absolute atomic E-state index is 11.2. The molecule has 84 valence electrons. The zero-order valence-corrected chi connectivity index (χ0v) is 9.05. The Morgan fingerprint density at radius 1 is 1.06 bits per heavy atom. The molecule has 1 aromatic carbocycles. The Bertz CT molecular complexity index is 549. The smallest absolute Gasteiger partial charge is 0.317 e. The number of imidazole rings is 1. The number of fused-ring (bicyclic) bond motifs is 1. The second-order valence-electron chi connectivity index (χ2n) is 4.41. The van der Waals surface area contributed by atoms with Crippen molar-refractivity contribution < 1.29 is 0 Å². The predicted molar refractivity (Wildman–Crippen MR) is 63.8 cm³/mol. The Kier molecular flexibility index (Phi) is 2.29. The molecule has 4 nitrogen and oxygen atoms in total. The monoisotopic (exact) mass is 217 g/mol. The normalized spacial score (nSPS) is 18.0. The lowest BCUT2D eigenvalue weighted by atomic mass is 9.90. The summed E-state index contributed by atoms with van der Waals surface area (Å²) in [5.41, 5.74) is 3.02. The van der Waals surface area contributed by atoms with E-state index in [1.165, 1.54) is 18.4 Å². The van der Waals surface area contributed by atoms with Gasteiger partial charge in [-0.25, -0.2) is 4.79 Å². The van der Waals surface area contributed by atoms with E-state index in [4.69, 9.17) is 0 Å². The molecule has 0 aliphatic carbocycles. The zero-order chi connectivity index (χ0) is 11.0. The van der Waals surface area contributed by atoms with Gasteiger partial charge in [0.05, 0.1) is 11.0 Å². The van der Waals surface area contributed by atoms with Crippen LogP contribution in [0.4, 0.5) is 0 Å². The lowest BCUT2D eigenvalue weighted by Crippen LogP contribution is -2.26. The first kappa shape index (κ1) is 9.66. The Hall–Kier alpha value is -1.55. The maximum Gasteiger partial charge on any atom is 0.323 e. The first-order valence-electron chi connectivity index (χ1n) is 5.75. The molecule has 0 saturated carbocycles. The molecular formula is C12H15N3O. The molecule has 0 radical (unpaired) electrons. The van der Waals surface area contributed by atoms with E-state index in [1.807, 2.05) is 6.07 Å². The third kappa shape index (κ3) is 1.65. The highest BCUT2D eigenvalue weighted by molar-refractivity contribution is 5.75. The van der Waals surface area contributed by atoms with Crippen molar-refractivity contribution in [3.05, 3.63) is 34.2 Å². The van der Waals surface area contributed by atoms with Crippen LogP contribution in [0.15, 0.2) is 23.0 Å². The van der Waals surface area contributed by atoms with Gasteiger partial charge in [0, 0.05) is 0 Å².